The van der Waals surface area contributed by atoms with E-state index >= 15 is 0 Å². The van der Waals surface area contributed by atoms with Crippen LogP contribution in [0.25, 0.3) is 0 Å². The predicted molar refractivity (Wildman–Crippen MR) is 41.2 cm³/mol. The molecule has 0 atom stereocenters. The molecule has 0 nitrogen and oxygen atoms in total. The van der Waals surface area contributed by atoms with E-state index in [9.17, 15) is 0 Å². The van der Waals surface area contributed by atoms with Crippen LogP contribution in [0.1, 0.15) is 6.42 Å². The van der Waals surface area contributed by atoms with Gasteiger partial charge in [0.15, 0.2) is 0 Å². The van der Waals surface area contributed by atoms with Gasteiger partial charge in [-0.2, -0.15) is 0 Å². The maximum Gasteiger partial charge on any atom is -0.0157 e. The molecule has 1 rings (SSSR count). The molecule has 0 aromatic heterocycles. The quantitative estimate of drug-likeness (QED) is 0.496. The summed E-state index contributed by atoms with van der Waals surface area (Å²) in [5.41, 5.74) is 1.21. The zero-order valence-electron chi connectivity index (χ0n) is 5.38. The Morgan fingerprint density at radius 2 is 2.33 bits per heavy atom. The van der Waals surface area contributed by atoms with Crippen LogP contribution in [0.2, 0.25) is 0 Å². The van der Waals surface area contributed by atoms with Gasteiger partial charge in [0.2, 0.25) is 0 Å². The summed E-state index contributed by atoms with van der Waals surface area (Å²) in [6, 6.07) is 0. The van der Waals surface area contributed by atoms with Crippen LogP contribution in [0.15, 0.2) is 48.6 Å². The number of hydrogen-bond acceptors (Lipinski definition) is 0. The van der Waals surface area contributed by atoms with Gasteiger partial charge >= 0.3 is 0 Å². The molecule has 0 amide bonds. The second kappa shape index (κ2) is 3.08. The first kappa shape index (κ1) is 6.09. The molecular formula is C9H10. The topological polar surface area (TPSA) is 0 Å². The Morgan fingerprint density at radius 1 is 1.44 bits per heavy atom. The maximum atomic E-state index is 3.68. The molecule has 0 heteroatoms. The van der Waals surface area contributed by atoms with E-state index in [1.54, 1.807) is 0 Å². The Balaban J connectivity index is 2.74. The molecule has 0 unspecified atom stereocenters. The third-order valence-electron chi connectivity index (χ3n) is 1.26. The molecule has 0 aromatic carbocycles. The highest BCUT2D eigenvalue weighted by molar-refractivity contribution is 5.33. The van der Waals surface area contributed by atoms with Crippen molar-refractivity contribution in [1.29, 1.82) is 0 Å². The highest BCUT2D eigenvalue weighted by Crippen LogP contribution is 2.04. The van der Waals surface area contributed by atoms with Crippen LogP contribution < -0.4 is 0 Å². The summed E-state index contributed by atoms with van der Waals surface area (Å²) in [5, 5.41) is 0. The summed E-state index contributed by atoms with van der Waals surface area (Å²) in [4.78, 5) is 0. The lowest BCUT2D eigenvalue weighted by atomic mass is 10.2. The fourth-order valence-corrected chi connectivity index (χ4v) is 0.747. The highest BCUT2D eigenvalue weighted by Gasteiger charge is 1.83. The van der Waals surface area contributed by atoms with Crippen LogP contribution in [0.5, 0.6) is 0 Å². The predicted octanol–water partition coefficient (Wildman–Crippen LogP) is 2.61. The van der Waals surface area contributed by atoms with Gasteiger partial charge in [-0.1, -0.05) is 43.0 Å². The first-order valence-corrected chi connectivity index (χ1v) is 3.09. The summed E-state index contributed by atoms with van der Waals surface area (Å²) < 4.78 is 0. The smallest absolute Gasteiger partial charge is 0.0157 e. The van der Waals surface area contributed by atoms with Gasteiger partial charge in [-0.3, -0.25) is 0 Å². The summed E-state index contributed by atoms with van der Waals surface area (Å²) in [6.45, 7) is 3.68. The molecular weight excluding hydrogens is 108 g/mol. The molecule has 0 N–H and O–H groups in total. The average molecular weight is 118 g/mol. The number of hydrogen-bond donors (Lipinski definition) is 0. The van der Waals surface area contributed by atoms with Crippen molar-refractivity contribution in [3.63, 3.8) is 0 Å². The van der Waals surface area contributed by atoms with E-state index < -0.39 is 0 Å². The van der Waals surface area contributed by atoms with Crippen LogP contribution in [0, 0.1) is 0 Å². The maximum absolute atomic E-state index is 3.68. The lowest BCUT2D eigenvalue weighted by molar-refractivity contribution is 1.38. The van der Waals surface area contributed by atoms with E-state index in [2.05, 4.69) is 24.8 Å². The van der Waals surface area contributed by atoms with Gasteiger partial charge in [0, 0.05) is 0 Å². The van der Waals surface area contributed by atoms with Crippen molar-refractivity contribution in [2.45, 2.75) is 6.42 Å². The lowest BCUT2D eigenvalue weighted by Crippen LogP contribution is -1.65. The molecule has 0 spiro atoms. The first-order chi connectivity index (χ1) is 4.43. The van der Waals surface area contributed by atoms with Crippen molar-refractivity contribution in [2.75, 3.05) is 0 Å². The van der Waals surface area contributed by atoms with Crippen LogP contribution in [-0.4, -0.2) is 0 Å². The second-order valence-corrected chi connectivity index (χ2v) is 1.93. The van der Waals surface area contributed by atoms with Crippen molar-refractivity contribution in [2.24, 2.45) is 0 Å². The Hall–Kier alpha value is -1.04. The van der Waals surface area contributed by atoms with Crippen LogP contribution >= 0.6 is 0 Å². The van der Waals surface area contributed by atoms with Crippen molar-refractivity contribution in [1.82, 2.24) is 0 Å². The summed E-state index contributed by atoms with van der Waals surface area (Å²) in [7, 11) is 0. The van der Waals surface area contributed by atoms with Crippen LogP contribution in [0.4, 0.5) is 0 Å². The molecule has 0 fully saturated rings. The van der Waals surface area contributed by atoms with E-state index in [1.165, 1.54) is 5.57 Å². The normalized spacial score (nSPS) is 16.7. The largest absolute Gasteiger partial charge is 0.0985 e. The average Bonchev–Trinajstić information content (AvgIpc) is 2.13. The minimum Gasteiger partial charge on any atom is -0.0985 e. The SMILES string of the molecule is C=CC1=CCC=CC=C1. The lowest BCUT2D eigenvalue weighted by Gasteiger charge is -1.85. The van der Waals surface area contributed by atoms with E-state index in [4.69, 9.17) is 0 Å². The van der Waals surface area contributed by atoms with Crippen molar-refractivity contribution in [3.8, 4) is 0 Å². The first-order valence-electron chi connectivity index (χ1n) is 3.09. The summed E-state index contributed by atoms with van der Waals surface area (Å²) >= 11 is 0. The fraction of sp³-hybridized carbons (Fsp3) is 0.111. The zero-order valence-corrected chi connectivity index (χ0v) is 5.38. The molecule has 0 radical (unpaired) electrons. The van der Waals surface area contributed by atoms with Gasteiger partial charge in [0.1, 0.15) is 0 Å². The Kier molecular flexibility index (Phi) is 2.08. The van der Waals surface area contributed by atoms with Gasteiger partial charge in [0.05, 0.1) is 0 Å². The zero-order chi connectivity index (χ0) is 6.53. The molecule has 9 heavy (non-hydrogen) atoms. The molecule has 46 valence electrons. The van der Waals surface area contributed by atoms with Gasteiger partial charge in [-0.25, -0.2) is 0 Å². The Bertz CT molecular complexity index is 180. The Morgan fingerprint density at radius 3 is 3.11 bits per heavy atom. The van der Waals surface area contributed by atoms with Crippen LogP contribution in [-0.2, 0) is 0 Å². The third kappa shape index (κ3) is 1.73. The van der Waals surface area contributed by atoms with E-state index in [0.717, 1.165) is 6.42 Å². The second-order valence-electron chi connectivity index (χ2n) is 1.93. The van der Waals surface area contributed by atoms with E-state index in [-0.39, 0.29) is 0 Å². The van der Waals surface area contributed by atoms with Crippen molar-refractivity contribution < 1.29 is 0 Å². The van der Waals surface area contributed by atoms with Gasteiger partial charge < -0.3 is 0 Å². The molecule has 0 saturated heterocycles. The molecule has 0 bridgehead atoms. The van der Waals surface area contributed by atoms with E-state index in [0.29, 0.717) is 0 Å². The monoisotopic (exact) mass is 118 g/mol. The molecule has 0 aromatic rings. The molecule has 1 aliphatic rings. The van der Waals surface area contributed by atoms with Gasteiger partial charge in [0.25, 0.3) is 0 Å². The minimum absolute atomic E-state index is 1.02. The number of rotatable bonds is 1. The van der Waals surface area contributed by atoms with Crippen molar-refractivity contribution in [3.05, 3.63) is 48.6 Å². The molecule has 0 aliphatic heterocycles. The number of allylic oxidation sites excluding steroid dienone is 7. The highest BCUT2D eigenvalue weighted by atomic mass is 13.9. The summed E-state index contributed by atoms with van der Waals surface area (Å²) in [5.74, 6) is 0. The van der Waals surface area contributed by atoms with Crippen molar-refractivity contribution >= 4 is 0 Å². The molecule has 0 saturated carbocycles. The van der Waals surface area contributed by atoms with Gasteiger partial charge in [-0.15, -0.1) is 0 Å². The Labute approximate surface area is 55.9 Å². The molecule has 0 heterocycles. The van der Waals surface area contributed by atoms with E-state index in [1.807, 2.05) is 18.2 Å². The van der Waals surface area contributed by atoms with Gasteiger partial charge in [-0.05, 0) is 12.0 Å². The van der Waals surface area contributed by atoms with Crippen LogP contribution in [0.3, 0.4) is 0 Å². The standard InChI is InChI=1S/C9H10/c1-2-9-7-5-3-4-6-8-9/h2-5,7-8H,1,6H2. The molecule has 1 aliphatic carbocycles. The fourth-order valence-electron chi connectivity index (χ4n) is 0.747. The third-order valence-corrected chi connectivity index (χ3v) is 1.26. The summed E-state index contributed by atoms with van der Waals surface area (Å²) in [6.07, 6.45) is 13.3. The minimum atomic E-state index is 1.02.